The molecule has 0 saturated carbocycles. The Morgan fingerprint density at radius 3 is 0.261 bits per heavy atom. The van der Waals surface area contributed by atoms with E-state index < -0.39 is 0 Å². The van der Waals surface area contributed by atoms with Crippen molar-refractivity contribution < 1.29 is 216 Å². The molecule has 111 heavy (non-hydrogen) atoms. The number of aromatic nitrogens is 12. The van der Waals surface area contributed by atoms with Gasteiger partial charge in [-0.05, 0) is 146 Å². The average molecular weight is 1910 g/mol. The number of alkyl halides is 4. The van der Waals surface area contributed by atoms with Gasteiger partial charge in [0.05, 0.1) is 10.7 Å². The van der Waals surface area contributed by atoms with Crippen LogP contribution in [0.15, 0.2) is 293 Å². The summed E-state index contributed by atoms with van der Waals surface area (Å²) in [5.41, 5.74) is 7.25. The third kappa shape index (κ3) is 84.3. The fourth-order valence-electron chi connectivity index (χ4n) is 5.80. The van der Waals surface area contributed by atoms with Crippen molar-refractivity contribution >= 4 is 46.4 Å². The van der Waals surface area contributed by atoms with Crippen molar-refractivity contribution in [1.82, 2.24) is 59.8 Å². The Labute approximate surface area is 765 Å². The summed E-state index contributed by atoms with van der Waals surface area (Å²) in [6.07, 6.45) is 19.4. The van der Waals surface area contributed by atoms with Crippen LogP contribution < -0.4 is 116 Å². The van der Waals surface area contributed by atoms with Gasteiger partial charge in [0.15, 0.2) is 0 Å². The van der Waals surface area contributed by atoms with E-state index in [1.54, 1.807) is 293 Å². The summed E-state index contributed by atoms with van der Waals surface area (Å²) in [4.78, 5) is 45.4. The largest absolute Gasteiger partial charge is 3.00 e. The maximum Gasteiger partial charge on any atom is 3.00 e. The Morgan fingerprint density at radius 1 is 0.171 bits per heavy atom. The number of halogens is 6. The first kappa shape index (κ1) is 130. The van der Waals surface area contributed by atoms with Gasteiger partial charge in [0.1, 0.15) is 0 Å². The maximum absolute atomic E-state index is 10.1. The van der Waals surface area contributed by atoms with Crippen molar-refractivity contribution in [2.24, 2.45) is 0 Å². The third-order valence-corrected chi connectivity index (χ3v) is 10.5. The van der Waals surface area contributed by atoms with Crippen molar-refractivity contribution in [2.45, 2.75) is 79.3 Å². The van der Waals surface area contributed by atoms with Crippen LogP contribution in [0.2, 0.25) is 0 Å². The SMILES string of the molecule is ClCCl.ClCCl.[Cl-].[Cl-].[Co+2].[Co+2].[Co+2].[Co+2].[Co+2].[Co+3].[Na+].[O-]Cc1ccccn1.[O-]Cc1ccccn1.[O-]Cc1ccccn1.[O-]Cc1ccccn1.[O-]Cc1ccccn1.[O-]Cc1ccccn1.[O-]Cc1ccccn1.[O-]Cc1ccccn1.[O-]Cc1ccccn1.[O-]Cc1ccccn1.[O-]Cc1ccccn1.[O-]Cc1ccccn1. The maximum atomic E-state index is 10.1. The molecule has 0 aliphatic heterocycles. The van der Waals surface area contributed by atoms with E-state index in [0.29, 0.717) is 68.3 Å². The Bertz CT molecular complexity index is 2760. The normalized spacial score (nSPS) is 8.22. The van der Waals surface area contributed by atoms with Crippen molar-refractivity contribution in [3.05, 3.63) is 361 Å². The van der Waals surface area contributed by atoms with Crippen LogP contribution in [0.1, 0.15) is 68.3 Å². The molecule has 601 valence electrons. The number of hydrogen-bond acceptors (Lipinski definition) is 24. The Morgan fingerprint density at radius 2 is 0.234 bits per heavy atom. The molecule has 0 atom stereocenters. The molecule has 37 heteroatoms. The van der Waals surface area contributed by atoms with E-state index in [0.717, 1.165) is 0 Å². The first-order valence-electron chi connectivity index (χ1n) is 30.0. The number of hydrogen-bond donors (Lipinski definition) is 0. The molecular formula is C74H76Cl6Co6N12NaO12. The molecule has 12 aromatic heterocycles. The zero-order chi connectivity index (χ0) is 75.3. The van der Waals surface area contributed by atoms with E-state index in [4.69, 9.17) is 46.4 Å². The van der Waals surface area contributed by atoms with Gasteiger partial charge in [-0.3, -0.25) is 59.8 Å². The second-order valence-corrected chi connectivity index (χ2v) is 19.4. The second kappa shape index (κ2) is 103. The molecule has 0 saturated heterocycles. The molecule has 12 heterocycles. The van der Waals surface area contributed by atoms with Crippen LogP contribution in [0.5, 0.6) is 0 Å². The second-order valence-electron chi connectivity index (χ2n) is 17.8. The Balaban J connectivity index is -0.000000108. The minimum Gasteiger partial charge on any atom is -1.00 e. The summed E-state index contributed by atoms with van der Waals surface area (Å²) in [5, 5.41) is 121. The van der Waals surface area contributed by atoms with Crippen LogP contribution in [0.4, 0.5) is 0 Å². The number of rotatable bonds is 12. The molecule has 0 aromatic carbocycles. The van der Waals surface area contributed by atoms with Crippen LogP contribution in [0.25, 0.3) is 0 Å². The molecule has 24 nitrogen and oxygen atoms in total. The molecule has 0 bridgehead atoms. The topological polar surface area (TPSA) is 431 Å². The van der Waals surface area contributed by atoms with Crippen molar-refractivity contribution in [3.63, 3.8) is 0 Å². The Kier molecular flexibility index (Phi) is 120. The molecule has 0 fully saturated rings. The molecule has 0 spiro atoms. The van der Waals surface area contributed by atoms with E-state index in [1.807, 2.05) is 0 Å². The zero-order valence-corrected chi connectivity index (χ0v) is 71.9. The van der Waals surface area contributed by atoms with E-state index in [1.165, 1.54) is 0 Å². The molecule has 0 amide bonds. The van der Waals surface area contributed by atoms with Gasteiger partial charge >= 0.3 is 130 Å². The van der Waals surface area contributed by atoms with E-state index in [9.17, 15) is 61.3 Å². The predicted molar refractivity (Wildman–Crippen MR) is 368 cm³/mol. The minimum absolute atomic E-state index is 0. The molecule has 12 rings (SSSR count). The van der Waals surface area contributed by atoms with E-state index >= 15 is 0 Å². The summed E-state index contributed by atoms with van der Waals surface area (Å²) < 4.78 is 0. The van der Waals surface area contributed by atoms with Crippen molar-refractivity contribution in [1.29, 1.82) is 0 Å². The quantitative estimate of drug-likeness (QED) is 0.0810. The van der Waals surface area contributed by atoms with Crippen LogP contribution in [0.3, 0.4) is 0 Å². The first-order chi connectivity index (χ1) is 50.0. The average Bonchev–Trinajstić information content (AvgIpc) is 2.14. The summed E-state index contributed by atoms with van der Waals surface area (Å²) in [7, 11) is 0. The molecular weight excluding hydrogens is 1840 g/mol. The van der Waals surface area contributed by atoms with Gasteiger partial charge < -0.3 is 86.1 Å². The molecule has 0 N–H and O–H groups in total. The molecule has 12 aromatic rings. The molecule has 0 aliphatic carbocycles. The summed E-state index contributed by atoms with van der Waals surface area (Å²) in [6, 6.07) is 63.7. The molecule has 0 unspecified atom stereocenters. The standard InChI is InChI=1S/12C6H6NO.2CH2Cl2.2ClH.6Co.Na/c12*8-5-6-3-1-2-4-7-6;2*2-1-3;;;;;;;;;/h12*1-4H,5H2;2*1H2;2*1H;;;;;;;/q12*-1;;;;;5*+2;+3;+1/p-2. The van der Waals surface area contributed by atoms with Gasteiger partial charge in [-0.1, -0.05) is 152 Å². The van der Waals surface area contributed by atoms with Gasteiger partial charge in [-0.15, -0.1) is 46.4 Å². The number of pyridine rings is 12. The van der Waals surface area contributed by atoms with Crippen molar-refractivity contribution in [2.75, 3.05) is 10.7 Å². The summed E-state index contributed by atoms with van der Waals surface area (Å²) in [5.74, 6) is 0. The zero-order valence-electron chi connectivity index (χ0n) is 59.1. The van der Waals surface area contributed by atoms with Gasteiger partial charge in [-0.25, -0.2) is 0 Å². The summed E-state index contributed by atoms with van der Waals surface area (Å²) >= 11 is 19.1. The predicted octanol–water partition coefficient (Wildman–Crippen LogP) is -6.86. The van der Waals surface area contributed by atoms with E-state index in [-0.39, 0.29) is 245 Å². The summed E-state index contributed by atoms with van der Waals surface area (Å²) in [6.45, 7) is -2.66. The van der Waals surface area contributed by atoms with Crippen LogP contribution in [-0.2, 0) is 180 Å². The third-order valence-electron chi connectivity index (χ3n) is 10.5. The monoisotopic (exact) mass is 1910 g/mol. The van der Waals surface area contributed by atoms with Crippen LogP contribution >= 0.6 is 46.4 Å². The van der Waals surface area contributed by atoms with Crippen LogP contribution in [-0.4, -0.2) is 70.5 Å². The number of nitrogens with zero attached hydrogens (tertiary/aromatic N) is 12. The smallest absolute Gasteiger partial charge is 1.00 e. The van der Waals surface area contributed by atoms with Gasteiger partial charge in [0, 0.05) is 143 Å². The molecule has 0 aliphatic rings. The fourth-order valence-corrected chi connectivity index (χ4v) is 5.80. The fraction of sp³-hybridized carbons (Fsp3) is 0.189. The van der Waals surface area contributed by atoms with Crippen molar-refractivity contribution in [3.8, 4) is 0 Å². The van der Waals surface area contributed by atoms with Gasteiger partial charge in [0.2, 0.25) is 0 Å². The Hall–Kier alpha value is -4.90. The minimum atomic E-state index is -0.221. The van der Waals surface area contributed by atoms with Crippen LogP contribution in [0, 0.1) is 0 Å². The van der Waals surface area contributed by atoms with Gasteiger partial charge in [0.25, 0.3) is 0 Å². The molecule has 5 radical (unpaired) electrons. The first-order valence-corrected chi connectivity index (χ1v) is 32.2. The van der Waals surface area contributed by atoms with Gasteiger partial charge in [-0.2, -0.15) is 0 Å². The van der Waals surface area contributed by atoms with E-state index in [2.05, 4.69) is 59.8 Å².